The predicted octanol–water partition coefficient (Wildman–Crippen LogP) is 3.38. The van der Waals surface area contributed by atoms with E-state index in [0.717, 1.165) is 25.0 Å². The molecular formula is C17H27NO2. The van der Waals surface area contributed by atoms with Crippen molar-refractivity contribution in [2.45, 2.75) is 51.9 Å². The molecule has 1 aromatic rings. The third-order valence-corrected chi connectivity index (χ3v) is 5.04. The summed E-state index contributed by atoms with van der Waals surface area (Å²) in [7, 11) is 3.76. The van der Waals surface area contributed by atoms with E-state index in [1.54, 1.807) is 7.11 Å². The molecule has 0 aliphatic heterocycles. The molecule has 0 heterocycles. The lowest BCUT2D eigenvalue weighted by molar-refractivity contribution is -0.145. The van der Waals surface area contributed by atoms with Gasteiger partial charge in [0, 0.05) is 11.5 Å². The highest BCUT2D eigenvalue weighted by atomic mass is 16.5. The lowest BCUT2D eigenvalue weighted by Crippen LogP contribution is -2.62. The van der Waals surface area contributed by atoms with Crippen molar-refractivity contribution >= 4 is 0 Å². The second-order valence-corrected chi connectivity index (χ2v) is 5.67. The van der Waals surface area contributed by atoms with Crippen LogP contribution in [0.3, 0.4) is 0 Å². The monoisotopic (exact) mass is 277 g/mol. The summed E-state index contributed by atoms with van der Waals surface area (Å²) >= 11 is 0. The van der Waals surface area contributed by atoms with Crippen LogP contribution in [0, 0.1) is 5.41 Å². The number of hydrogen-bond acceptors (Lipinski definition) is 3. The molecule has 20 heavy (non-hydrogen) atoms. The average Bonchev–Trinajstić information content (AvgIpc) is 2.48. The molecule has 112 valence electrons. The minimum absolute atomic E-state index is 0.299. The Bertz CT molecular complexity index is 429. The SMILES string of the molecule is CCC1(CC)C(NC)CC1OCc1cccc(OC)c1. The molecule has 0 radical (unpaired) electrons. The fraction of sp³-hybridized carbons (Fsp3) is 0.647. The second-order valence-electron chi connectivity index (χ2n) is 5.67. The van der Waals surface area contributed by atoms with Gasteiger partial charge in [-0.3, -0.25) is 0 Å². The van der Waals surface area contributed by atoms with E-state index in [0.29, 0.717) is 24.2 Å². The number of benzene rings is 1. The van der Waals surface area contributed by atoms with Gasteiger partial charge < -0.3 is 14.8 Å². The number of hydrogen-bond donors (Lipinski definition) is 1. The zero-order valence-corrected chi connectivity index (χ0v) is 13.1. The Morgan fingerprint density at radius 3 is 2.65 bits per heavy atom. The third kappa shape index (κ3) is 2.70. The maximum atomic E-state index is 6.20. The fourth-order valence-electron chi connectivity index (χ4n) is 3.54. The van der Waals surface area contributed by atoms with Crippen molar-refractivity contribution < 1.29 is 9.47 Å². The van der Waals surface area contributed by atoms with Crippen LogP contribution in [0.4, 0.5) is 0 Å². The lowest BCUT2D eigenvalue weighted by atomic mass is 9.58. The van der Waals surface area contributed by atoms with Gasteiger partial charge in [-0.15, -0.1) is 0 Å². The molecule has 1 aromatic carbocycles. The first-order valence-electron chi connectivity index (χ1n) is 7.62. The van der Waals surface area contributed by atoms with Gasteiger partial charge in [-0.05, 0) is 44.0 Å². The first-order valence-corrected chi connectivity index (χ1v) is 7.62. The minimum Gasteiger partial charge on any atom is -0.497 e. The van der Waals surface area contributed by atoms with Crippen LogP contribution < -0.4 is 10.1 Å². The van der Waals surface area contributed by atoms with Crippen molar-refractivity contribution in [1.82, 2.24) is 5.32 Å². The zero-order valence-electron chi connectivity index (χ0n) is 13.1. The third-order valence-electron chi connectivity index (χ3n) is 5.04. The van der Waals surface area contributed by atoms with Crippen molar-refractivity contribution in [2.75, 3.05) is 14.2 Å². The van der Waals surface area contributed by atoms with E-state index < -0.39 is 0 Å². The van der Waals surface area contributed by atoms with Gasteiger partial charge in [0.25, 0.3) is 0 Å². The fourth-order valence-corrected chi connectivity index (χ4v) is 3.54. The standard InChI is InChI=1S/C17H27NO2/c1-5-17(6-2)15(18-3)11-16(17)20-12-13-8-7-9-14(10-13)19-4/h7-10,15-16,18H,5-6,11-12H2,1-4H3. The first-order chi connectivity index (χ1) is 9.70. The van der Waals surface area contributed by atoms with E-state index in [1.165, 1.54) is 5.56 Å². The molecule has 1 aliphatic rings. The van der Waals surface area contributed by atoms with Crippen molar-refractivity contribution in [3.63, 3.8) is 0 Å². The van der Waals surface area contributed by atoms with Crippen molar-refractivity contribution in [2.24, 2.45) is 5.41 Å². The van der Waals surface area contributed by atoms with Crippen LogP contribution in [0.2, 0.25) is 0 Å². The zero-order chi connectivity index (χ0) is 14.6. The van der Waals surface area contributed by atoms with Gasteiger partial charge in [-0.25, -0.2) is 0 Å². The van der Waals surface area contributed by atoms with Gasteiger partial charge in [0.05, 0.1) is 19.8 Å². The minimum atomic E-state index is 0.299. The largest absolute Gasteiger partial charge is 0.497 e. The number of nitrogens with one attached hydrogen (secondary N) is 1. The topological polar surface area (TPSA) is 30.5 Å². The molecule has 0 amide bonds. The van der Waals surface area contributed by atoms with Crippen LogP contribution in [0.1, 0.15) is 38.7 Å². The molecule has 2 rings (SSSR count). The van der Waals surface area contributed by atoms with Crippen molar-refractivity contribution in [3.8, 4) is 5.75 Å². The summed E-state index contributed by atoms with van der Waals surface area (Å²) in [4.78, 5) is 0. The number of methoxy groups -OCH3 is 1. The molecule has 0 saturated heterocycles. The molecular weight excluding hydrogens is 250 g/mol. The van der Waals surface area contributed by atoms with Crippen LogP contribution in [-0.2, 0) is 11.3 Å². The summed E-state index contributed by atoms with van der Waals surface area (Å²) < 4.78 is 11.5. The molecule has 3 heteroatoms. The maximum absolute atomic E-state index is 6.20. The lowest BCUT2D eigenvalue weighted by Gasteiger charge is -2.55. The molecule has 3 nitrogen and oxygen atoms in total. The average molecular weight is 277 g/mol. The van der Waals surface area contributed by atoms with Crippen LogP contribution in [0.5, 0.6) is 5.75 Å². The Hall–Kier alpha value is -1.06. The number of ether oxygens (including phenoxy) is 2. The van der Waals surface area contributed by atoms with Crippen LogP contribution in [0.15, 0.2) is 24.3 Å². The van der Waals surface area contributed by atoms with E-state index in [-0.39, 0.29) is 0 Å². The van der Waals surface area contributed by atoms with E-state index in [4.69, 9.17) is 9.47 Å². The molecule has 0 aromatic heterocycles. The Kier molecular flexibility index (Phi) is 5.06. The van der Waals surface area contributed by atoms with Gasteiger partial charge in [0.1, 0.15) is 5.75 Å². The molecule has 1 aliphatic carbocycles. The highest BCUT2D eigenvalue weighted by Crippen LogP contribution is 2.49. The van der Waals surface area contributed by atoms with Gasteiger partial charge in [-0.2, -0.15) is 0 Å². The maximum Gasteiger partial charge on any atom is 0.119 e. The van der Waals surface area contributed by atoms with Crippen LogP contribution in [0.25, 0.3) is 0 Å². The number of rotatable bonds is 7. The van der Waals surface area contributed by atoms with Gasteiger partial charge in [-0.1, -0.05) is 26.0 Å². The van der Waals surface area contributed by atoms with E-state index >= 15 is 0 Å². The van der Waals surface area contributed by atoms with Gasteiger partial charge in [0.15, 0.2) is 0 Å². The Morgan fingerprint density at radius 2 is 2.05 bits per heavy atom. The normalized spacial score (nSPS) is 24.2. The molecule has 0 bridgehead atoms. The highest BCUT2D eigenvalue weighted by Gasteiger charge is 2.52. The summed E-state index contributed by atoms with van der Waals surface area (Å²) in [5, 5.41) is 3.44. The molecule has 2 unspecified atom stereocenters. The second kappa shape index (κ2) is 6.59. The Morgan fingerprint density at radius 1 is 1.30 bits per heavy atom. The highest BCUT2D eigenvalue weighted by molar-refractivity contribution is 5.28. The Balaban J connectivity index is 1.97. The summed E-state index contributed by atoms with van der Waals surface area (Å²) in [5.41, 5.74) is 1.48. The molecule has 1 fully saturated rings. The predicted molar refractivity (Wildman–Crippen MR) is 82.1 cm³/mol. The Labute approximate surface area is 122 Å². The summed E-state index contributed by atoms with van der Waals surface area (Å²) in [6.45, 7) is 5.21. The van der Waals surface area contributed by atoms with E-state index in [2.05, 4.69) is 32.3 Å². The molecule has 0 spiro atoms. The molecule has 1 saturated carbocycles. The van der Waals surface area contributed by atoms with Gasteiger partial charge in [0.2, 0.25) is 0 Å². The smallest absolute Gasteiger partial charge is 0.119 e. The van der Waals surface area contributed by atoms with Crippen molar-refractivity contribution in [1.29, 1.82) is 0 Å². The van der Waals surface area contributed by atoms with Crippen molar-refractivity contribution in [3.05, 3.63) is 29.8 Å². The van der Waals surface area contributed by atoms with Crippen LogP contribution in [-0.4, -0.2) is 26.3 Å². The molecule has 1 N–H and O–H groups in total. The van der Waals surface area contributed by atoms with E-state index in [9.17, 15) is 0 Å². The summed E-state index contributed by atoms with van der Waals surface area (Å²) in [6.07, 6.45) is 3.80. The molecule has 2 atom stereocenters. The van der Waals surface area contributed by atoms with Gasteiger partial charge >= 0.3 is 0 Å². The summed E-state index contributed by atoms with van der Waals surface area (Å²) in [6, 6.07) is 8.71. The first kappa shape index (κ1) is 15.3. The quantitative estimate of drug-likeness (QED) is 0.829. The van der Waals surface area contributed by atoms with E-state index in [1.807, 2.05) is 18.2 Å². The van der Waals surface area contributed by atoms with Crippen LogP contribution >= 0.6 is 0 Å². The summed E-state index contributed by atoms with van der Waals surface area (Å²) in [5.74, 6) is 0.894.